The van der Waals surface area contributed by atoms with Gasteiger partial charge < -0.3 is 10.3 Å². The maximum atomic E-state index is 13.4. The van der Waals surface area contributed by atoms with Crippen LogP contribution in [0.25, 0.3) is 11.3 Å². The van der Waals surface area contributed by atoms with Gasteiger partial charge in [0.1, 0.15) is 5.82 Å². The van der Waals surface area contributed by atoms with E-state index in [0.29, 0.717) is 18.5 Å². The molecule has 19 heavy (non-hydrogen) atoms. The van der Waals surface area contributed by atoms with Gasteiger partial charge in [-0.15, -0.1) is 0 Å². The average molecular weight is 259 g/mol. The molecule has 1 saturated carbocycles. The van der Waals surface area contributed by atoms with Crippen molar-refractivity contribution in [1.82, 2.24) is 9.55 Å². The molecule has 2 atom stereocenters. The van der Waals surface area contributed by atoms with Gasteiger partial charge in [-0.2, -0.15) is 0 Å². The molecule has 0 aliphatic heterocycles. The number of aromatic nitrogens is 2. The molecule has 2 aromatic rings. The fourth-order valence-corrected chi connectivity index (χ4v) is 3.10. The molecule has 3 nitrogen and oxygen atoms in total. The number of nitrogens with zero attached hydrogens (tertiary/aromatic N) is 2. The SMILES string of the molecule is NCC1CCCC1n1cncc1-c1cccc(F)c1. The molecule has 1 aliphatic rings. The van der Waals surface area contributed by atoms with Crippen LogP contribution in [0.1, 0.15) is 25.3 Å². The zero-order chi connectivity index (χ0) is 13.2. The third kappa shape index (κ3) is 2.28. The van der Waals surface area contributed by atoms with E-state index >= 15 is 0 Å². The van der Waals surface area contributed by atoms with Gasteiger partial charge in [-0.1, -0.05) is 18.6 Å². The smallest absolute Gasteiger partial charge is 0.123 e. The monoisotopic (exact) mass is 259 g/mol. The first kappa shape index (κ1) is 12.4. The van der Waals surface area contributed by atoms with Crippen molar-refractivity contribution in [2.24, 2.45) is 11.7 Å². The van der Waals surface area contributed by atoms with Crippen molar-refractivity contribution in [2.45, 2.75) is 25.3 Å². The highest BCUT2D eigenvalue weighted by Crippen LogP contribution is 2.37. The molecule has 1 aromatic heterocycles. The fourth-order valence-electron chi connectivity index (χ4n) is 3.10. The second-order valence-corrected chi connectivity index (χ2v) is 5.19. The number of hydrogen-bond donors (Lipinski definition) is 1. The molecule has 2 N–H and O–H groups in total. The molecule has 1 aromatic carbocycles. The summed E-state index contributed by atoms with van der Waals surface area (Å²) >= 11 is 0. The minimum Gasteiger partial charge on any atom is -0.330 e. The van der Waals surface area contributed by atoms with Crippen LogP contribution in [-0.4, -0.2) is 16.1 Å². The topological polar surface area (TPSA) is 43.8 Å². The van der Waals surface area contributed by atoms with Crippen molar-refractivity contribution < 1.29 is 4.39 Å². The Labute approximate surface area is 112 Å². The van der Waals surface area contributed by atoms with Crippen LogP contribution in [0.3, 0.4) is 0 Å². The molecule has 0 radical (unpaired) electrons. The predicted octanol–water partition coefficient (Wildman–Crippen LogP) is 2.99. The van der Waals surface area contributed by atoms with Crippen molar-refractivity contribution in [1.29, 1.82) is 0 Å². The van der Waals surface area contributed by atoms with Crippen molar-refractivity contribution in [3.8, 4) is 11.3 Å². The largest absolute Gasteiger partial charge is 0.330 e. The highest BCUT2D eigenvalue weighted by molar-refractivity contribution is 5.59. The van der Waals surface area contributed by atoms with Gasteiger partial charge in [-0.05, 0) is 37.4 Å². The normalized spacial score (nSPS) is 22.8. The van der Waals surface area contributed by atoms with Gasteiger partial charge in [0, 0.05) is 11.6 Å². The Morgan fingerprint density at radius 2 is 2.26 bits per heavy atom. The van der Waals surface area contributed by atoms with E-state index in [1.54, 1.807) is 18.3 Å². The maximum Gasteiger partial charge on any atom is 0.123 e. The van der Waals surface area contributed by atoms with E-state index in [2.05, 4.69) is 9.55 Å². The van der Waals surface area contributed by atoms with E-state index in [1.165, 1.54) is 18.9 Å². The average Bonchev–Trinajstić information content (AvgIpc) is 3.06. The standard InChI is InChI=1S/C15H18FN3/c16-13-5-1-3-11(7-13)15-9-18-10-19(15)14-6-2-4-12(14)8-17/h1,3,5,7,9-10,12,14H,2,4,6,8,17H2. The molecule has 0 spiro atoms. The minimum absolute atomic E-state index is 0.216. The number of imidazole rings is 1. The van der Waals surface area contributed by atoms with Crippen LogP contribution < -0.4 is 5.73 Å². The van der Waals surface area contributed by atoms with Crippen LogP contribution in [0.4, 0.5) is 4.39 Å². The molecule has 3 rings (SSSR count). The van der Waals surface area contributed by atoms with Crippen molar-refractivity contribution >= 4 is 0 Å². The Morgan fingerprint density at radius 3 is 3.05 bits per heavy atom. The molecule has 1 fully saturated rings. The molecule has 0 bridgehead atoms. The van der Waals surface area contributed by atoms with Gasteiger partial charge in [0.05, 0.1) is 18.2 Å². The first-order chi connectivity index (χ1) is 9.29. The molecule has 100 valence electrons. The lowest BCUT2D eigenvalue weighted by atomic mass is 10.0. The zero-order valence-corrected chi connectivity index (χ0v) is 10.8. The van der Waals surface area contributed by atoms with E-state index < -0.39 is 0 Å². The number of benzene rings is 1. The molecule has 4 heteroatoms. The van der Waals surface area contributed by atoms with Gasteiger partial charge in [-0.3, -0.25) is 0 Å². The van der Waals surface area contributed by atoms with Gasteiger partial charge in [0.15, 0.2) is 0 Å². The summed E-state index contributed by atoms with van der Waals surface area (Å²) in [6.45, 7) is 0.700. The van der Waals surface area contributed by atoms with E-state index in [1.807, 2.05) is 12.4 Å². The van der Waals surface area contributed by atoms with Gasteiger partial charge in [0.2, 0.25) is 0 Å². The quantitative estimate of drug-likeness (QED) is 0.921. The zero-order valence-electron chi connectivity index (χ0n) is 10.8. The molecular weight excluding hydrogens is 241 g/mol. The summed E-state index contributed by atoms with van der Waals surface area (Å²) in [6, 6.07) is 7.06. The first-order valence-electron chi connectivity index (χ1n) is 6.77. The van der Waals surface area contributed by atoms with E-state index in [0.717, 1.165) is 17.7 Å². The molecular formula is C15H18FN3. The number of nitrogens with two attached hydrogens (primary N) is 1. The molecule has 1 heterocycles. The van der Waals surface area contributed by atoms with Crippen molar-refractivity contribution in [3.63, 3.8) is 0 Å². The van der Waals surface area contributed by atoms with Crippen LogP contribution in [0.5, 0.6) is 0 Å². The maximum absolute atomic E-state index is 13.4. The Morgan fingerprint density at radius 1 is 1.37 bits per heavy atom. The van der Waals surface area contributed by atoms with Crippen molar-refractivity contribution in [3.05, 3.63) is 42.6 Å². The lowest BCUT2D eigenvalue weighted by Crippen LogP contribution is -2.21. The van der Waals surface area contributed by atoms with Crippen LogP contribution in [0.2, 0.25) is 0 Å². The Balaban J connectivity index is 1.98. The number of halogens is 1. The minimum atomic E-state index is -0.216. The highest BCUT2D eigenvalue weighted by Gasteiger charge is 2.28. The Bertz CT molecular complexity index is 564. The molecule has 0 amide bonds. The third-order valence-corrected chi connectivity index (χ3v) is 4.07. The summed E-state index contributed by atoms with van der Waals surface area (Å²) in [4.78, 5) is 4.24. The Kier molecular flexibility index (Phi) is 3.34. The van der Waals surface area contributed by atoms with Crippen LogP contribution in [0.15, 0.2) is 36.8 Å². The Hall–Kier alpha value is -1.68. The number of hydrogen-bond acceptors (Lipinski definition) is 2. The summed E-state index contributed by atoms with van der Waals surface area (Å²) in [6.07, 6.45) is 7.15. The summed E-state index contributed by atoms with van der Waals surface area (Å²) < 4.78 is 15.5. The fraction of sp³-hybridized carbons (Fsp3) is 0.400. The van der Waals surface area contributed by atoms with Crippen LogP contribution in [-0.2, 0) is 0 Å². The lowest BCUT2D eigenvalue weighted by molar-refractivity contribution is 0.390. The summed E-state index contributed by atoms with van der Waals surface area (Å²) in [5.41, 5.74) is 7.70. The van der Waals surface area contributed by atoms with Crippen LogP contribution >= 0.6 is 0 Å². The summed E-state index contributed by atoms with van der Waals surface area (Å²) in [5.74, 6) is 0.286. The van der Waals surface area contributed by atoms with Gasteiger partial charge in [-0.25, -0.2) is 9.37 Å². The van der Waals surface area contributed by atoms with Gasteiger partial charge in [0.25, 0.3) is 0 Å². The second kappa shape index (κ2) is 5.13. The number of rotatable bonds is 3. The second-order valence-electron chi connectivity index (χ2n) is 5.19. The summed E-state index contributed by atoms with van der Waals surface area (Å²) in [5, 5.41) is 0. The molecule has 1 aliphatic carbocycles. The summed E-state index contributed by atoms with van der Waals surface area (Å²) in [7, 11) is 0. The predicted molar refractivity (Wildman–Crippen MR) is 73.1 cm³/mol. The van der Waals surface area contributed by atoms with Crippen LogP contribution in [0, 0.1) is 11.7 Å². The van der Waals surface area contributed by atoms with Gasteiger partial charge >= 0.3 is 0 Å². The molecule has 2 unspecified atom stereocenters. The molecule has 0 saturated heterocycles. The lowest BCUT2D eigenvalue weighted by Gasteiger charge is -2.22. The van der Waals surface area contributed by atoms with E-state index in [-0.39, 0.29) is 5.82 Å². The van der Waals surface area contributed by atoms with E-state index in [9.17, 15) is 4.39 Å². The van der Waals surface area contributed by atoms with E-state index in [4.69, 9.17) is 5.73 Å². The third-order valence-electron chi connectivity index (χ3n) is 4.07. The van der Waals surface area contributed by atoms with Crippen molar-refractivity contribution in [2.75, 3.05) is 6.54 Å². The highest BCUT2D eigenvalue weighted by atomic mass is 19.1. The first-order valence-corrected chi connectivity index (χ1v) is 6.77.